The van der Waals surface area contributed by atoms with Gasteiger partial charge in [0.15, 0.2) is 0 Å². The van der Waals surface area contributed by atoms with E-state index in [-0.39, 0.29) is 5.54 Å². The Morgan fingerprint density at radius 3 is 2.44 bits per heavy atom. The molecule has 1 aromatic rings. The lowest BCUT2D eigenvalue weighted by Gasteiger charge is -2.27. The molecule has 0 bridgehead atoms. The van der Waals surface area contributed by atoms with Crippen LogP contribution in [0, 0.1) is 5.41 Å². The van der Waals surface area contributed by atoms with Gasteiger partial charge in [-0.15, -0.1) is 11.3 Å². The van der Waals surface area contributed by atoms with E-state index < -0.39 is 0 Å². The Hall–Kier alpha value is -0.410. The quantitative estimate of drug-likeness (QED) is 0.852. The van der Waals surface area contributed by atoms with Crippen molar-refractivity contribution in [1.29, 1.82) is 0 Å². The average molecular weight is 240 g/mol. The molecule has 0 aliphatic rings. The Labute approximate surface area is 103 Å². The van der Waals surface area contributed by atoms with E-state index in [0.29, 0.717) is 5.41 Å². The van der Waals surface area contributed by atoms with Gasteiger partial charge in [-0.2, -0.15) is 0 Å². The van der Waals surface area contributed by atoms with E-state index in [2.05, 4.69) is 50.3 Å². The number of hydrogen-bond acceptors (Lipinski definition) is 3. The second kappa shape index (κ2) is 5.28. The van der Waals surface area contributed by atoms with Crippen LogP contribution in [0.15, 0.2) is 11.6 Å². The van der Waals surface area contributed by atoms with Gasteiger partial charge >= 0.3 is 0 Å². The average Bonchev–Trinajstić information content (AvgIpc) is 2.52. The maximum atomic E-state index is 4.36. The van der Waals surface area contributed by atoms with Gasteiger partial charge in [0.25, 0.3) is 0 Å². The Bertz CT molecular complexity index is 296. The molecule has 0 aromatic carbocycles. The summed E-state index contributed by atoms with van der Waals surface area (Å²) in [5, 5.41) is 6.85. The fourth-order valence-corrected chi connectivity index (χ4v) is 2.49. The zero-order valence-electron chi connectivity index (χ0n) is 11.1. The summed E-state index contributed by atoms with van der Waals surface area (Å²) in [4.78, 5) is 4.36. The van der Waals surface area contributed by atoms with Crippen molar-refractivity contribution in [2.24, 2.45) is 5.41 Å². The van der Waals surface area contributed by atoms with Crippen LogP contribution in [0.4, 0.5) is 0 Å². The fourth-order valence-electron chi connectivity index (χ4n) is 1.61. The van der Waals surface area contributed by atoms with Crippen LogP contribution in [0.25, 0.3) is 0 Å². The van der Waals surface area contributed by atoms with E-state index in [9.17, 15) is 0 Å². The molecule has 3 heteroatoms. The van der Waals surface area contributed by atoms with E-state index in [1.54, 1.807) is 11.3 Å². The molecule has 0 aliphatic carbocycles. The van der Waals surface area contributed by atoms with Crippen molar-refractivity contribution in [2.45, 2.75) is 53.0 Å². The van der Waals surface area contributed by atoms with Gasteiger partial charge in [0.1, 0.15) is 0 Å². The van der Waals surface area contributed by atoms with Gasteiger partial charge in [0.05, 0.1) is 5.01 Å². The van der Waals surface area contributed by atoms with Crippen molar-refractivity contribution in [2.75, 3.05) is 6.54 Å². The third-order valence-corrected chi connectivity index (χ3v) is 3.35. The van der Waals surface area contributed by atoms with Gasteiger partial charge in [-0.1, -0.05) is 13.8 Å². The molecule has 0 aliphatic heterocycles. The first-order valence-corrected chi connectivity index (χ1v) is 6.80. The Kier molecular flexibility index (Phi) is 4.51. The molecule has 0 fully saturated rings. The smallest absolute Gasteiger partial charge is 0.0930 e. The normalized spacial score (nSPS) is 13.1. The molecule has 1 aromatic heterocycles. The molecule has 0 unspecified atom stereocenters. The number of aromatic nitrogens is 1. The molecule has 1 heterocycles. The largest absolute Gasteiger partial charge is 0.312 e. The molecule has 2 nitrogen and oxygen atoms in total. The van der Waals surface area contributed by atoms with Crippen molar-refractivity contribution < 1.29 is 0 Å². The number of thiazole rings is 1. The van der Waals surface area contributed by atoms with Gasteiger partial charge in [-0.3, -0.25) is 0 Å². The lowest BCUT2D eigenvalue weighted by atomic mass is 9.85. The zero-order chi connectivity index (χ0) is 12.2. The topological polar surface area (TPSA) is 24.9 Å². The Balaban J connectivity index is 2.34. The van der Waals surface area contributed by atoms with Crippen LogP contribution in [-0.4, -0.2) is 17.1 Å². The molecule has 0 amide bonds. The fraction of sp³-hybridized carbons (Fsp3) is 0.769. The summed E-state index contributed by atoms with van der Waals surface area (Å²) in [7, 11) is 0. The maximum Gasteiger partial charge on any atom is 0.0930 e. The summed E-state index contributed by atoms with van der Waals surface area (Å²) in [6.45, 7) is 12.3. The van der Waals surface area contributed by atoms with Crippen LogP contribution in [0.5, 0.6) is 0 Å². The number of hydrogen-bond donors (Lipinski definition) is 1. The standard InChI is InChI=1S/C13H24N2S/c1-12(2,3)15-7-6-13(4,5)10-11-14-8-9-16-11/h8-9,15H,6-7,10H2,1-5H3. The van der Waals surface area contributed by atoms with Gasteiger partial charge in [0.2, 0.25) is 0 Å². The summed E-state index contributed by atoms with van der Waals surface area (Å²) in [5.41, 5.74) is 0.549. The highest BCUT2D eigenvalue weighted by Gasteiger charge is 2.20. The van der Waals surface area contributed by atoms with Crippen molar-refractivity contribution in [3.05, 3.63) is 16.6 Å². The van der Waals surface area contributed by atoms with Gasteiger partial charge in [0, 0.05) is 23.5 Å². The molecule has 92 valence electrons. The predicted molar refractivity (Wildman–Crippen MR) is 72.0 cm³/mol. The highest BCUT2D eigenvalue weighted by molar-refractivity contribution is 7.09. The highest BCUT2D eigenvalue weighted by atomic mass is 32.1. The van der Waals surface area contributed by atoms with Crippen LogP contribution in [-0.2, 0) is 6.42 Å². The van der Waals surface area contributed by atoms with E-state index in [0.717, 1.165) is 13.0 Å². The molecule has 1 N–H and O–H groups in total. The molecule has 0 saturated heterocycles. The summed E-state index contributed by atoms with van der Waals surface area (Å²) < 4.78 is 0. The molecule has 0 radical (unpaired) electrons. The summed E-state index contributed by atoms with van der Waals surface area (Å²) >= 11 is 1.76. The first kappa shape index (κ1) is 13.7. The Morgan fingerprint density at radius 2 is 1.94 bits per heavy atom. The summed E-state index contributed by atoms with van der Waals surface area (Å²) in [6.07, 6.45) is 4.16. The van der Waals surface area contributed by atoms with Crippen LogP contribution in [0.1, 0.15) is 46.0 Å². The first-order valence-electron chi connectivity index (χ1n) is 5.92. The van der Waals surface area contributed by atoms with E-state index in [1.165, 1.54) is 11.4 Å². The van der Waals surface area contributed by atoms with Crippen LogP contribution in [0.3, 0.4) is 0 Å². The summed E-state index contributed by atoms with van der Waals surface area (Å²) in [5.74, 6) is 0. The Morgan fingerprint density at radius 1 is 1.25 bits per heavy atom. The minimum absolute atomic E-state index is 0.220. The lowest BCUT2D eigenvalue weighted by molar-refractivity contribution is 0.302. The third kappa shape index (κ3) is 5.61. The van der Waals surface area contributed by atoms with Crippen molar-refractivity contribution in [3.8, 4) is 0 Å². The number of nitrogens with one attached hydrogen (secondary N) is 1. The van der Waals surface area contributed by atoms with Gasteiger partial charge in [-0.25, -0.2) is 4.98 Å². The van der Waals surface area contributed by atoms with Gasteiger partial charge in [-0.05, 0) is 39.2 Å². The van der Waals surface area contributed by atoms with Crippen molar-refractivity contribution in [1.82, 2.24) is 10.3 Å². The predicted octanol–water partition coefficient (Wildman–Crippen LogP) is 3.49. The maximum absolute atomic E-state index is 4.36. The molecule has 16 heavy (non-hydrogen) atoms. The van der Waals surface area contributed by atoms with Crippen LogP contribution >= 0.6 is 11.3 Å². The highest BCUT2D eigenvalue weighted by Crippen LogP contribution is 2.26. The number of nitrogens with zero attached hydrogens (tertiary/aromatic N) is 1. The molecular weight excluding hydrogens is 216 g/mol. The monoisotopic (exact) mass is 240 g/mol. The van der Waals surface area contributed by atoms with E-state index in [4.69, 9.17) is 0 Å². The van der Waals surface area contributed by atoms with Gasteiger partial charge < -0.3 is 5.32 Å². The summed E-state index contributed by atoms with van der Waals surface area (Å²) in [6, 6.07) is 0. The van der Waals surface area contributed by atoms with Crippen molar-refractivity contribution >= 4 is 11.3 Å². The number of rotatable bonds is 5. The van der Waals surface area contributed by atoms with Crippen LogP contribution < -0.4 is 5.32 Å². The zero-order valence-corrected chi connectivity index (χ0v) is 11.9. The van der Waals surface area contributed by atoms with E-state index in [1.807, 2.05) is 6.20 Å². The SMILES string of the molecule is CC(C)(CCNC(C)(C)C)Cc1nccs1. The van der Waals surface area contributed by atoms with Crippen molar-refractivity contribution in [3.63, 3.8) is 0 Å². The van der Waals surface area contributed by atoms with E-state index >= 15 is 0 Å². The lowest BCUT2D eigenvalue weighted by Crippen LogP contribution is -2.38. The molecular formula is C13H24N2S. The van der Waals surface area contributed by atoms with Crippen LogP contribution in [0.2, 0.25) is 0 Å². The second-order valence-corrected chi connectivity index (χ2v) is 7.17. The minimum atomic E-state index is 0.220. The molecule has 1 rings (SSSR count). The second-order valence-electron chi connectivity index (χ2n) is 6.19. The molecule has 0 saturated carbocycles. The third-order valence-electron chi connectivity index (χ3n) is 2.57. The minimum Gasteiger partial charge on any atom is -0.312 e. The first-order chi connectivity index (χ1) is 7.29. The molecule has 0 spiro atoms. The molecule has 0 atom stereocenters.